The molecule has 2 heterocycles. The van der Waals surface area contributed by atoms with Gasteiger partial charge in [0.05, 0.1) is 7.11 Å². The largest absolute Gasteiger partial charge is 0.497 e. The van der Waals surface area contributed by atoms with Crippen molar-refractivity contribution in [3.05, 3.63) is 51.7 Å². The van der Waals surface area contributed by atoms with Crippen LogP contribution in [0.1, 0.15) is 23.5 Å². The van der Waals surface area contributed by atoms with E-state index in [4.69, 9.17) is 4.74 Å². The van der Waals surface area contributed by atoms with E-state index >= 15 is 0 Å². The van der Waals surface area contributed by atoms with E-state index in [1.807, 2.05) is 36.1 Å². The number of nitrogens with zero attached hydrogens (tertiary/aromatic N) is 3. The monoisotopic (exact) mass is 370 g/mol. The number of carbonyl (C=O) groups is 1. The van der Waals surface area contributed by atoms with Crippen molar-refractivity contribution in [3.8, 4) is 5.75 Å². The third-order valence-electron chi connectivity index (χ3n) is 5.00. The summed E-state index contributed by atoms with van der Waals surface area (Å²) in [5.74, 6) is 1.52. The number of ether oxygens (including phenoxy) is 1. The molecule has 1 aromatic carbocycles. The Kier molecular flexibility index (Phi) is 5.78. The smallest absolute Gasteiger partial charge is 0.254 e. The van der Waals surface area contributed by atoms with E-state index in [0.717, 1.165) is 24.5 Å². The first-order valence-electron chi connectivity index (χ1n) is 9.21. The molecule has 0 bridgehead atoms. The van der Waals surface area contributed by atoms with Crippen molar-refractivity contribution >= 4 is 11.6 Å². The van der Waals surface area contributed by atoms with Crippen molar-refractivity contribution in [2.24, 2.45) is 0 Å². The van der Waals surface area contributed by atoms with Crippen molar-refractivity contribution in [1.29, 1.82) is 0 Å². The standard InChI is InChI=1S/C20H26N4O3/c1-14-18(20(26)22-15(2)21-14)8-9-19(25)24-12-10-23(11-13-24)16-4-6-17(27-3)7-5-16/h4-7H,8-13H2,1-3H3,(H,21,22,26). The van der Waals surface area contributed by atoms with Gasteiger partial charge >= 0.3 is 0 Å². The van der Waals surface area contributed by atoms with Crippen LogP contribution in [0.4, 0.5) is 5.69 Å². The molecule has 1 aliphatic rings. The summed E-state index contributed by atoms with van der Waals surface area (Å²) in [7, 11) is 1.65. The van der Waals surface area contributed by atoms with Crippen LogP contribution in [-0.2, 0) is 11.2 Å². The number of aromatic nitrogens is 2. The number of hydrogen-bond donors (Lipinski definition) is 1. The quantitative estimate of drug-likeness (QED) is 0.866. The van der Waals surface area contributed by atoms with Crippen LogP contribution in [0.3, 0.4) is 0 Å². The van der Waals surface area contributed by atoms with Gasteiger partial charge in [-0.15, -0.1) is 0 Å². The zero-order valence-electron chi connectivity index (χ0n) is 16.1. The Bertz CT molecular complexity index is 853. The van der Waals surface area contributed by atoms with Crippen LogP contribution in [0, 0.1) is 13.8 Å². The Morgan fingerprint density at radius 3 is 2.41 bits per heavy atom. The Balaban J connectivity index is 1.53. The maximum absolute atomic E-state index is 12.5. The maximum Gasteiger partial charge on any atom is 0.254 e. The summed E-state index contributed by atoms with van der Waals surface area (Å²) in [6.07, 6.45) is 0.753. The molecule has 3 rings (SSSR count). The lowest BCUT2D eigenvalue weighted by Crippen LogP contribution is -2.48. The summed E-state index contributed by atoms with van der Waals surface area (Å²) < 4.78 is 5.19. The first kappa shape index (κ1) is 18.9. The molecule has 0 spiro atoms. The van der Waals surface area contributed by atoms with Crippen molar-refractivity contribution in [1.82, 2.24) is 14.9 Å². The van der Waals surface area contributed by atoms with Crippen LogP contribution < -0.4 is 15.2 Å². The molecule has 27 heavy (non-hydrogen) atoms. The molecule has 7 heteroatoms. The third kappa shape index (κ3) is 4.48. The average Bonchev–Trinajstić information content (AvgIpc) is 2.67. The molecule has 0 unspecified atom stereocenters. The molecule has 2 aromatic rings. The van der Waals surface area contributed by atoms with E-state index in [9.17, 15) is 9.59 Å². The highest BCUT2D eigenvalue weighted by Crippen LogP contribution is 2.20. The van der Waals surface area contributed by atoms with Gasteiger partial charge in [0, 0.05) is 49.5 Å². The number of hydrogen-bond acceptors (Lipinski definition) is 5. The van der Waals surface area contributed by atoms with Crippen molar-refractivity contribution in [3.63, 3.8) is 0 Å². The number of piperazine rings is 1. The zero-order valence-corrected chi connectivity index (χ0v) is 16.1. The number of nitrogens with one attached hydrogen (secondary N) is 1. The number of aryl methyl sites for hydroxylation is 2. The number of amides is 1. The van der Waals surface area contributed by atoms with Crippen LogP contribution in [-0.4, -0.2) is 54.1 Å². The topological polar surface area (TPSA) is 78.5 Å². The lowest BCUT2D eigenvalue weighted by molar-refractivity contribution is -0.131. The molecule has 1 N–H and O–H groups in total. The Morgan fingerprint density at radius 2 is 1.81 bits per heavy atom. The number of rotatable bonds is 5. The summed E-state index contributed by atoms with van der Waals surface area (Å²) in [6, 6.07) is 7.97. The van der Waals surface area contributed by atoms with Gasteiger partial charge in [0.1, 0.15) is 11.6 Å². The van der Waals surface area contributed by atoms with Crippen LogP contribution in [0.2, 0.25) is 0 Å². The van der Waals surface area contributed by atoms with Gasteiger partial charge in [0.2, 0.25) is 5.91 Å². The van der Waals surface area contributed by atoms with Gasteiger partial charge in [-0.05, 0) is 44.5 Å². The zero-order chi connectivity index (χ0) is 19.4. The minimum Gasteiger partial charge on any atom is -0.497 e. The molecule has 1 saturated heterocycles. The molecular weight excluding hydrogens is 344 g/mol. The van der Waals surface area contributed by atoms with Crippen molar-refractivity contribution in [2.45, 2.75) is 26.7 Å². The highest BCUT2D eigenvalue weighted by atomic mass is 16.5. The van der Waals surface area contributed by atoms with Gasteiger partial charge in [0.15, 0.2) is 0 Å². The van der Waals surface area contributed by atoms with E-state index in [1.54, 1.807) is 14.0 Å². The molecule has 144 valence electrons. The predicted octanol–water partition coefficient (Wildman–Crippen LogP) is 1.68. The van der Waals surface area contributed by atoms with Gasteiger partial charge in [-0.1, -0.05) is 0 Å². The molecule has 0 atom stereocenters. The first-order valence-corrected chi connectivity index (χ1v) is 9.21. The normalized spacial score (nSPS) is 14.3. The Hall–Kier alpha value is -2.83. The average molecular weight is 370 g/mol. The van der Waals surface area contributed by atoms with Gasteiger partial charge < -0.3 is 19.5 Å². The van der Waals surface area contributed by atoms with Gasteiger partial charge in [-0.3, -0.25) is 9.59 Å². The second-order valence-corrected chi connectivity index (χ2v) is 6.78. The van der Waals surface area contributed by atoms with E-state index < -0.39 is 0 Å². The number of methoxy groups -OCH3 is 1. The van der Waals surface area contributed by atoms with E-state index in [2.05, 4.69) is 14.9 Å². The summed E-state index contributed by atoms with van der Waals surface area (Å²) in [6.45, 7) is 6.54. The second kappa shape index (κ2) is 8.24. The summed E-state index contributed by atoms with van der Waals surface area (Å²) in [5, 5.41) is 0. The van der Waals surface area contributed by atoms with Crippen molar-refractivity contribution in [2.75, 3.05) is 38.2 Å². The fourth-order valence-electron chi connectivity index (χ4n) is 3.44. The van der Waals surface area contributed by atoms with Crippen LogP contribution in [0.15, 0.2) is 29.1 Å². The minimum absolute atomic E-state index is 0.0868. The van der Waals surface area contributed by atoms with Gasteiger partial charge in [-0.2, -0.15) is 0 Å². The molecule has 1 aromatic heterocycles. The lowest BCUT2D eigenvalue weighted by atomic mass is 10.1. The number of H-pyrrole nitrogens is 1. The summed E-state index contributed by atoms with van der Waals surface area (Å²) >= 11 is 0. The SMILES string of the molecule is COc1ccc(N2CCN(C(=O)CCc3c(C)nc(C)[nH]c3=O)CC2)cc1. The number of benzene rings is 1. The first-order chi connectivity index (χ1) is 13.0. The predicted molar refractivity (Wildman–Crippen MR) is 104 cm³/mol. The van der Waals surface area contributed by atoms with E-state index in [1.165, 1.54) is 0 Å². The lowest BCUT2D eigenvalue weighted by Gasteiger charge is -2.36. The molecule has 0 aliphatic carbocycles. The van der Waals surface area contributed by atoms with E-state index in [-0.39, 0.29) is 11.5 Å². The highest BCUT2D eigenvalue weighted by molar-refractivity contribution is 5.76. The molecule has 1 fully saturated rings. The Morgan fingerprint density at radius 1 is 1.15 bits per heavy atom. The number of aromatic amines is 1. The molecule has 0 radical (unpaired) electrons. The fraction of sp³-hybridized carbons (Fsp3) is 0.450. The van der Waals surface area contributed by atoms with Crippen LogP contribution in [0.25, 0.3) is 0 Å². The molecule has 1 amide bonds. The third-order valence-corrected chi connectivity index (χ3v) is 5.00. The number of anilines is 1. The van der Waals surface area contributed by atoms with Crippen molar-refractivity contribution < 1.29 is 9.53 Å². The summed E-state index contributed by atoms with van der Waals surface area (Å²) in [4.78, 5) is 35.7. The minimum atomic E-state index is -0.142. The van der Waals surface area contributed by atoms with Crippen LogP contribution in [0.5, 0.6) is 5.75 Å². The maximum atomic E-state index is 12.5. The number of carbonyl (C=O) groups excluding carboxylic acids is 1. The molecule has 7 nitrogen and oxygen atoms in total. The molecule has 0 saturated carbocycles. The van der Waals surface area contributed by atoms with Gasteiger partial charge in [-0.25, -0.2) is 4.98 Å². The molecular formula is C20H26N4O3. The Labute approximate surface area is 159 Å². The second-order valence-electron chi connectivity index (χ2n) is 6.78. The highest BCUT2D eigenvalue weighted by Gasteiger charge is 2.21. The summed E-state index contributed by atoms with van der Waals surface area (Å²) in [5.41, 5.74) is 2.30. The van der Waals surface area contributed by atoms with E-state index in [0.29, 0.717) is 43.0 Å². The van der Waals surface area contributed by atoms with Gasteiger partial charge in [0.25, 0.3) is 5.56 Å². The van der Waals surface area contributed by atoms with Crippen LogP contribution >= 0.6 is 0 Å². The fourth-order valence-corrected chi connectivity index (χ4v) is 3.44. The molecule has 1 aliphatic heterocycles.